The lowest BCUT2D eigenvalue weighted by atomic mass is 9.89. The molecule has 32 nitrogen and oxygen atoms in total. The summed E-state index contributed by atoms with van der Waals surface area (Å²) in [6, 6.07) is -2.97. The van der Waals surface area contributed by atoms with Gasteiger partial charge in [0.1, 0.15) is 91.6 Å². The van der Waals surface area contributed by atoms with Gasteiger partial charge in [0.05, 0.1) is 63.4 Å². The molecule has 5 aliphatic heterocycles. The molecule has 0 spiro atoms. The van der Waals surface area contributed by atoms with Crippen LogP contribution >= 0.6 is 0 Å². The van der Waals surface area contributed by atoms with Gasteiger partial charge in [-0.25, -0.2) is 14.4 Å². The molecule has 0 unspecified atom stereocenters. The summed E-state index contributed by atoms with van der Waals surface area (Å²) in [6.45, 7) is -5.48. The molecule has 5 saturated heterocycles. The molecule has 394 valence electrons. The molecular formula is C36H60N2O30. The molecule has 0 bridgehead atoms. The Kier molecular flexibility index (Phi) is 18.6. The molecule has 22 N–H and O–H groups in total. The molecule has 0 amide bonds. The first-order valence-electron chi connectivity index (χ1n) is 20.9. The molecule has 0 aromatic heterocycles. The predicted molar refractivity (Wildman–Crippen MR) is 204 cm³/mol. The van der Waals surface area contributed by atoms with Crippen molar-refractivity contribution in [2.45, 2.75) is 171 Å². The topological polar surface area (TPSA) is 550 Å². The lowest BCUT2D eigenvalue weighted by Crippen LogP contribution is -2.68. The van der Waals surface area contributed by atoms with Crippen LogP contribution in [0.25, 0.3) is 0 Å². The highest BCUT2D eigenvalue weighted by molar-refractivity contribution is 5.77. The van der Waals surface area contributed by atoms with Gasteiger partial charge in [-0.3, -0.25) is 0 Å². The maximum atomic E-state index is 13.0. The van der Waals surface area contributed by atoms with Gasteiger partial charge in [-0.1, -0.05) is 0 Å². The van der Waals surface area contributed by atoms with Gasteiger partial charge in [0.15, 0.2) is 12.6 Å². The minimum atomic E-state index is -3.32. The van der Waals surface area contributed by atoms with Gasteiger partial charge >= 0.3 is 17.9 Å². The highest BCUT2D eigenvalue weighted by Crippen LogP contribution is 2.41. The fraction of sp³-hybridized carbons (Fsp3) is 0.917. The number of ether oxygens (including phenoxy) is 9. The van der Waals surface area contributed by atoms with Gasteiger partial charge in [0.2, 0.25) is 0 Å². The second-order valence-corrected chi connectivity index (χ2v) is 17.0. The van der Waals surface area contributed by atoms with Crippen molar-refractivity contribution in [3.63, 3.8) is 0 Å². The first-order chi connectivity index (χ1) is 31.7. The third kappa shape index (κ3) is 11.4. The van der Waals surface area contributed by atoms with E-state index in [9.17, 15) is 106 Å². The normalized spacial score (nSPS) is 47.2. The SMILES string of the molecule is N[C@@H]1[C@@H](O)[C@H](O)[C@@H](CO[C@@H]2O[C@H](CO[C@]3(C(=O)O)C[C@@H](O[C@]4(C(=O)O)C[C@@H](O)[C@@H](O)[C@@H]([C@H](O)CO[C@]5(C(=O)O)C[C@@H](O)[C@@H](O)[C@@H]([C@H](O)CO)O5)O4)[C@@H](O)[C@@H]([C@H](O)CO)O3)[C@@H](O)[C@H](O)[C@H]2N)O[C@@H]1O. The number of aliphatic carboxylic acids is 3. The van der Waals surface area contributed by atoms with Crippen molar-refractivity contribution in [2.75, 3.05) is 33.0 Å². The first-order valence-corrected chi connectivity index (χ1v) is 20.9. The number of hydrogen-bond donors (Lipinski definition) is 20. The zero-order valence-corrected chi connectivity index (χ0v) is 35.5. The van der Waals surface area contributed by atoms with E-state index in [4.69, 9.17) is 54.1 Å². The number of carboxylic acid groups (broad SMARTS) is 3. The highest BCUT2D eigenvalue weighted by atomic mass is 16.8. The Morgan fingerprint density at radius 2 is 0.985 bits per heavy atom. The number of carbonyl (C=O) groups is 3. The molecule has 0 radical (unpaired) electrons. The van der Waals surface area contributed by atoms with E-state index in [1.165, 1.54) is 0 Å². The van der Waals surface area contributed by atoms with Crippen molar-refractivity contribution < 1.29 is 149 Å². The second kappa shape index (κ2) is 22.4. The summed E-state index contributed by atoms with van der Waals surface area (Å²) >= 11 is 0. The van der Waals surface area contributed by atoms with E-state index in [-0.39, 0.29) is 0 Å². The summed E-state index contributed by atoms with van der Waals surface area (Å²) in [5.74, 6) is -15.8. The average molecular weight is 1000 g/mol. The third-order valence-electron chi connectivity index (χ3n) is 12.3. The van der Waals surface area contributed by atoms with Gasteiger partial charge in [-0.15, -0.1) is 0 Å². The lowest BCUT2D eigenvalue weighted by molar-refractivity contribution is -0.380. The van der Waals surface area contributed by atoms with Crippen molar-refractivity contribution in [1.82, 2.24) is 0 Å². The van der Waals surface area contributed by atoms with Crippen molar-refractivity contribution in [1.29, 1.82) is 0 Å². The molecule has 5 heterocycles. The Bertz CT molecular complexity index is 1710. The summed E-state index contributed by atoms with van der Waals surface area (Å²) in [6.07, 6.45) is -43.9. The monoisotopic (exact) mass is 1000 g/mol. The summed E-state index contributed by atoms with van der Waals surface area (Å²) in [4.78, 5) is 38.4. The molecule has 0 saturated carbocycles. The van der Waals surface area contributed by atoms with Gasteiger partial charge in [0.25, 0.3) is 17.4 Å². The van der Waals surface area contributed by atoms with E-state index >= 15 is 0 Å². The molecule has 0 aliphatic carbocycles. The molecule has 5 fully saturated rings. The van der Waals surface area contributed by atoms with Crippen LogP contribution in [0.5, 0.6) is 0 Å². The molecule has 68 heavy (non-hydrogen) atoms. The molecular weight excluding hydrogens is 940 g/mol. The Balaban J connectivity index is 1.37. The largest absolute Gasteiger partial charge is 0.477 e. The van der Waals surface area contributed by atoms with Crippen LogP contribution in [0.1, 0.15) is 19.3 Å². The zero-order valence-electron chi connectivity index (χ0n) is 35.5. The van der Waals surface area contributed by atoms with E-state index < -0.39 is 222 Å². The minimum absolute atomic E-state index is 0.690. The first kappa shape index (κ1) is 56.3. The number of aliphatic hydroxyl groups is 15. The number of rotatable bonds is 19. The van der Waals surface area contributed by atoms with Crippen LogP contribution in [-0.2, 0) is 57.0 Å². The van der Waals surface area contributed by atoms with Crippen LogP contribution in [0.15, 0.2) is 0 Å². The van der Waals surface area contributed by atoms with Crippen LogP contribution < -0.4 is 11.5 Å². The maximum absolute atomic E-state index is 13.0. The van der Waals surface area contributed by atoms with Crippen LogP contribution in [0.3, 0.4) is 0 Å². The van der Waals surface area contributed by atoms with E-state index in [1.807, 2.05) is 0 Å². The third-order valence-corrected chi connectivity index (χ3v) is 12.3. The lowest BCUT2D eigenvalue weighted by Gasteiger charge is -2.50. The fourth-order valence-corrected chi connectivity index (χ4v) is 8.24. The number of nitrogens with two attached hydrogens (primary N) is 2. The van der Waals surface area contributed by atoms with Gasteiger partial charge < -0.3 is 146 Å². The van der Waals surface area contributed by atoms with Gasteiger partial charge in [0, 0.05) is 19.3 Å². The zero-order chi connectivity index (χ0) is 51.0. The average Bonchev–Trinajstić information content (AvgIpc) is 3.29. The Labute approximate surface area is 382 Å². The molecule has 5 rings (SSSR count). The predicted octanol–water partition coefficient (Wildman–Crippen LogP) is -12.5. The highest BCUT2D eigenvalue weighted by Gasteiger charge is 2.62. The Hall–Kier alpha value is -2.63. The van der Waals surface area contributed by atoms with Crippen LogP contribution in [0.4, 0.5) is 0 Å². The van der Waals surface area contributed by atoms with Crippen LogP contribution in [-0.4, -0.2) is 295 Å². The van der Waals surface area contributed by atoms with Crippen LogP contribution in [0, 0.1) is 0 Å². The summed E-state index contributed by atoms with van der Waals surface area (Å²) < 4.78 is 48.9. The van der Waals surface area contributed by atoms with Crippen molar-refractivity contribution in [3.8, 4) is 0 Å². The quantitative estimate of drug-likeness (QED) is 0.0571. The number of carboxylic acids is 3. The number of hydrogen-bond acceptors (Lipinski definition) is 29. The fourth-order valence-electron chi connectivity index (χ4n) is 8.24. The number of aliphatic hydroxyl groups excluding tert-OH is 15. The molecule has 0 aromatic carbocycles. The van der Waals surface area contributed by atoms with E-state index in [2.05, 4.69) is 0 Å². The molecule has 32 heteroatoms. The van der Waals surface area contributed by atoms with Crippen molar-refractivity contribution >= 4 is 17.9 Å². The minimum Gasteiger partial charge on any atom is -0.477 e. The van der Waals surface area contributed by atoms with Gasteiger partial charge in [-0.05, 0) is 0 Å². The molecule has 25 atom stereocenters. The second-order valence-electron chi connectivity index (χ2n) is 17.0. The van der Waals surface area contributed by atoms with Crippen LogP contribution in [0.2, 0.25) is 0 Å². The van der Waals surface area contributed by atoms with E-state index in [1.54, 1.807) is 0 Å². The van der Waals surface area contributed by atoms with Crippen molar-refractivity contribution in [3.05, 3.63) is 0 Å². The summed E-state index contributed by atoms with van der Waals surface area (Å²) in [5.41, 5.74) is 11.5. The van der Waals surface area contributed by atoms with Crippen molar-refractivity contribution in [2.24, 2.45) is 11.5 Å². The molecule has 0 aromatic rings. The molecule has 5 aliphatic rings. The standard InChI is InChI=1S/C36H60N2O30/c37-17-24(51)21(48)15(63-29(17)53)7-60-30-18(38)25(52)22(49)16(64-30)8-62-35(32(56)57)3-14(23(50)27(67-35)12(44)5-40)65-36(33(58)59)2-10(42)20(47)28(68-36)13(45)6-61-34(31(54)55)1-9(41)19(46)26(66-34)11(43)4-39/h9-30,39-53H,1-8,37-38H2,(H,54,55)(H,56,57)(H,58,59)/t9-,10-,11-,12-,13-,14-,15-,16-,17-,18-,19-,20-,21-,22-,23-,24-,25-,26-,27-,28-,29+,30-,34-,35-,36-/m1/s1. The summed E-state index contributed by atoms with van der Waals surface area (Å²) in [5, 5.41) is 188. The van der Waals surface area contributed by atoms with E-state index in [0.29, 0.717) is 0 Å². The summed E-state index contributed by atoms with van der Waals surface area (Å²) in [7, 11) is 0. The Morgan fingerprint density at radius 1 is 0.544 bits per heavy atom. The smallest absolute Gasteiger partial charge is 0.364 e. The Morgan fingerprint density at radius 3 is 1.50 bits per heavy atom. The van der Waals surface area contributed by atoms with Gasteiger partial charge in [-0.2, -0.15) is 0 Å². The van der Waals surface area contributed by atoms with E-state index in [0.717, 1.165) is 0 Å². The maximum Gasteiger partial charge on any atom is 0.364 e.